The van der Waals surface area contributed by atoms with Gasteiger partial charge < -0.3 is 10.5 Å². The van der Waals surface area contributed by atoms with E-state index in [2.05, 4.69) is 15.0 Å². The molecule has 3 rings (SSSR count). The van der Waals surface area contributed by atoms with Crippen molar-refractivity contribution in [2.45, 2.75) is 6.92 Å². The second-order valence-electron chi connectivity index (χ2n) is 4.66. The summed E-state index contributed by atoms with van der Waals surface area (Å²) in [4.78, 5) is 24.3. The van der Waals surface area contributed by atoms with Gasteiger partial charge in [0.05, 0.1) is 17.8 Å². The highest BCUT2D eigenvalue weighted by Gasteiger charge is 2.11. The molecule has 0 atom stereocenters. The predicted molar refractivity (Wildman–Crippen MR) is 83.1 cm³/mol. The van der Waals surface area contributed by atoms with Gasteiger partial charge in [-0.3, -0.25) is 4.98 Å². The molecule has 0 unspecified atom stereocenters. The van der Waals surface area contributed by atoms with Gasteiger partial charge in [-0.05, 0) is 25.1 Å². The molecule has 0 amide bonds. The van der Waals surface area contributed by atoms with Crippen LogP contribution < -0.4 is 5.73 Å². The van der Waals surface area contributed by atoms with Gasteiger partial charge in [0.2, 0.25) is 5.82 Å². The quantitative estimate of drug-likeness (QED) is 0.746. The molecule has 6 nitrogen and oxygen atoms in total. The van der Waals surface area contributed by atoms with Crippen LogP contribution in [0.15, 0.2) is 42.7 Å². The maximum Gasteiger partial charge on any atom is 0.376 e. The van der Waals surface area contributed by atoms with Crippen molar-refractivity contribution >= 4 is 22.6 Å². The number of nitrogen functional groups attached to an aromatic ring is 1. The molecule has 6 heteroatoms. The van der Waals surface area contributed by atoms with Crippen molar-refractivity contribution in [3.8, 4) is 11.3 Å². The molecule has 0 saturated carbocycles. The Morgan fingerprint density at radius 2 is 2.09 bits per heavy atom. The second kappa shape index (κ2) is 5.77. The average Bonchev–Trinajstić information content (AvgIpc) is 2.54. The zero-order valence-corrected chi connectivity index (χ0v) is 12.0. The van der Waals surface area contributed by atoms with Gasteiger partial charge in [-0.25, -0.2) is 14.8 Å². The van der Waals surface area contributed by atoms with Crippen LogP contribution in [-0.4, -0.2) is 27.5 Å². The van der Waals surface area contributed by atoms with Crippen molar-refractivity contribution in [1.82, 2.24) is 15.0 Å². The van der Waals surface area contributed by atoms with E-state index in [1.807, 2.05) is 18.2 Å². The minimum Gasteiger partial charge on any atom is -0.460 e. The smallest absolute Gasteiger partial charge is 0.376 e. The summed E-state index contributed by atoms with van der Waals surface area (Å²) >= 11 is 0. The van der Waals surface area contributed by atoms with E-state index in [1.54, 1.807) is 31.5 Å². The van der Waals surface area contributed by atoms with Crippen LogP contribution in [0.3, 0.4) is 0 Å². The van der Waals surface area contributed by atoms with E-state index in [9.17, 15) is 4.79 Å². The lowest BCUT2D eigenvalue weighted by molar-refractivity contribution is 0.0512. The number of hydrogen-bond donors (Lipinski definition) is 1. The maximum absolute atomic E-state index is 11.7. The fraction of sp³-hybridized carbons (Fsp3) is 0.125. The fourth-order valence-electron chi connectivity index (χ4n) is 2.08. The van der Waals surface area contributed by atoms with Crippen molar-refractivity contribution in [3.05, 3.63) is 48.5 Å². The molecule has 0 radical (unpaired) electrons. The molecule has 110 valence electrons. The Morgan fingerprint density at radius 1 is 1.23 bits per heavy atom. The summed E-state index contributed by atoms with van der Waals surface area (Å²) in [5.74, 6) is -0.482. The van der Waals surface area contributed by atoms with Crippen LogP contribution in [0.25, 0.3) is 22.2 Å². The van der Waals surface area contributed by atoms with Crippen LogP contribution >= 0.6 is 0 Å². The number of nitrogens with two attached hydrogens (primary N) is 1. The van der Waals surface area contributed by atoms with Gasteiger partial charge in [0.25, 0.3) is 0 Å². The number of hydrogen-bond acceptors (Lipinski definition) is 6. The zero-order chi connectivity index (χ0) is 15.5. The number of carbonyl (C=O) groups is 1. The van der Waals surface area contributed by atoms with Crippen LogP contribution in [0.1, 0.15) is 17.5 Å². The van der Waals surface area contributed by atoms with Crippen LogP contribution in [-0.2, 0) is 4.74 Å². The molecular formula is C16H14N4O2. The van der Waals surface area contributed by atoms with Gasteiger partial charge in [0, 0.05) is 29.0 Å². The molecule has 2 aromatic heterocycles. The molecule has 2 heterocycles. The number of fused-ring (bicyclic) bond motifs is 1. The van der Waals surface area contributed by atoms with Crippen LogP contribution in [0, 0.1) is 0 Å². The third-order valence-corrected chi connectivity index (χ3v) is 3.12. The number of ether oxygens (including phenoxy) is 1. The first-order valence-corrected chi connectivity index (χ1v) is 6.83. The van der Waals surface area contributed by atoms with E-state index < -0.39 is 5.97 Å². The summed E-state index contributed by atoms with van der Waals surface area (Å²) in [6.45, 7) is 2.02. The number of anilines is 1. The SMILES string of the molecule is CCOC(=O)c1ncc2ccc(-c3cc(N)ccn3)cc2n1. The summed E-state index contributed by atoms with van der Waals surface area (Å²) < 4.78 is 4.91. The first kappa shape index (κ1) is 13.9. The van der Waals surface area contributed by atoms with Crippen molar-refractivity contribution in [2.24, 2.45) is 0 Å². The van der Waals surface area contributed by atoms with Gasteiger partial charge in [0.1, 0.15) is 0 Å². The molecule has 2 N–H and O–H groups in total. The number of esters is 1. The molecule has 1 aromatic carbocycles. The van der Waals surface area contributed by atoms with E-state index in [0.29, 0.717) is 11.2 Å². The Hall–Kier alpha value is -3.02. The first-order valence-electron chi connectivity index (χ1n) is 6.83. The average molecular weight is 294 g/mol. The molecule has 3 aromatic rings. The minimum absolute atomic E-state index is 0.0482. The van der Waals surface area contributed by atoms with Gasteiger partial charge in [-0.15, -0.1) is 0 Å². The highest BCUT2D eigenvalue weighted by molar-refractivity contribution is 5.89. The third-order valence-electron chi connectivity index (χ3n) is 3.12. The summed E-state index contributed by atoms with van der Waals surface area (Å²) in [5, 5.41) is 0.834. The highest BCUT2D eigenvalue weighted by atomic mass is 16.5. The number of aromatic nitrogens is 3. The molecule has 0 aliphatic heterocycles. The number of pyridine rings is 1. The highest BCUT2D eigenvalue weighted by Crippen LogP contribution is 2.23. The Labute approximate surface area is 127 Å². The Kier molecular flexibility index (Phi) is 3.65. The molecule has 0 saturated heterocycles. The summed E-state index contributed by atoms with van der Waals surface area (Å²) in [6, 6.07) is 9.16. The number of nitrogens with zero attached hydrogens (tertiary/aromatic N) is 3. The molecule has 0 aliphatic carbocycles. The van der Waals surface area contributed by atoms with Gasteiger partial charge in [-0.2, -0.15) is 0 Å². The second-order valence-corrected chi connectivity index (χ2v) is 4.66. The molecule has 0 aliphatic rings. The van der Waals surface area contributed by atoms with Crippen molar-refractivity contribution in [1.29, 1.82) is 0 Å². The summed E-state index contributed by atoms with van der Waals surface area (Å²) in [5.41, 5.74) is 8.69. The number of rotatable bonds is 3. The van der Waals surface area contributed by atoms with Crippen LogP contribution in [0.5, 0.6) is 0 Å². The topological polar surface area (TPSA) is 91.0 Å². The Balaban J connectivity index is 2.06. The molecule has 0 spiro atoms. The zero-order valence-electron chi connectivity index (χ0n) is 12.0. The largest absolute Gasteiger partial charge is 0.460 e. The van der Waals surface area contributed by atoms with Gasteiger partial charge >= 0.3 is 5.97 Å². The summed E-state index contributed by atoms with van der Waals surface area (Å²) in [6.07, 6.45) is 3.25. The molecule has 0 fully saturated rings. The van der Waals surface area contributed by atoms with Crippen LogP contribution in [0.2, 0.25) is 0 Å². The third kappa shape index (κ3) is 2.71. The minimum atomic E-state index is -0.531. The van der Waals surface area contributed by atoms with Gasteiger partial charge in [0.15, 0.2) is 0 Å². The lowest BCUT2D eigenvalue weighted by Crippen LogP contribution is -2.09. The van der Waals surface area contributed by atoms with Crippen molar-refractivity contribution < 1.29 is 9.53 Å². The standard InChI is InChI=1S/C16H14N4O2/c1-2-22-16(21)15-19-9-11-4-3-10(7-14(11)20-15)13-8-12(17)5-6-18-13/h3-9H,2H2,1H3,(H2,17,18). The van der Waals surface area contributed by atoms with Crippen molar-refractivity contribution in [3.63, 3.8) is 0 Å². The lowest BCUT2D eigenvalue weighted by Gasteiger charge is -2.05. The summed E-state index contributed by atoms with van der Waals surface area (Å²) in [7, 11) is 0. The number of carbonyl (C=O) groups excluding carboxylic acids is 1. The fourth-order valence-corrected chi connectivity index (χ4v) is 2.08. The van der Waals surface area contributed by atoms with E-state index in [0.717, 1.165) is 16.6 Å². The normalized spacial score (nSPS) is 10.6. The Bertz CT molecular complexity index is 848. The van der Waals surface area contributed by atoms with E-state index in [-0.39, 0.29) is 12.4 Å². The van der Waals surface area contributed by atoms with Crippen LogP contribution in [0.4, 0.5) is 5.69 Å². The number of benzene rings is 1. The first-order chi connectivity index (χ1) is 10.7. The predicted octanol–water partition coefficient (Wildman–Crippen LogP) is 2.45. The molecule has 0 bridgehead atoms. The Morgan fingerprint density at radius 3 is 2.86 bits per heavy atom. The van der Waals surface area contributed by atoms with Crippen molar-refractivity contribution in [2.75, 3.05) is 12.3 Å². The van der Waals surface area contributed by atoms with E-state index in [1.165, 1.54) is 0 Å². The van der Waals surface area contributed by atoms with E-state index in [4.69, 9.17) is 10.5 Å². The monoisotopic (exact) mass is 294 g/mol. The maximum atomic E-state index is 11.7. The molecular weight excluding hydrogens is 280 g/mol. The lowest BCUT2D eigenvalue weighted by atomic mass is 10.1. The van der Waals surface area contributed by atoms with Gasteiger partial charge in [-0.1, -0.05) is 12.1 Å². The van der Waals surface area contributed by atoms with E-state index >= 15 is 0 Å². The molecule has 22 heavy (non-hydrogen) atoms.